The fourth-order valence-corrected chi connectivity index (χ4v) is 4.79. The van der Waals surface area contributed by atoms with Crippen LogP contribution in [0.1, 0.15) is 54.8 Å². The third-order valence-corrected chi connectivity index (χ3v) is 6.78. The van der Waals surface area contributed by atoms with Crippen molar-refractivity contribution >= 4 is 28.6 Å². The Hall–Kier alpha value is -4.05. The van der Waals surface area contributed by atoms with Crippen molar-refractivity contribution in [3.05, 3.63) is 95.8 Å². The zero-order chi connectivity index (χ0) is 27.2. The molecule has 3 atom stereocenters. The van der Waals surface area contributed by atoms with Gasteiger partial charge in [0.15, 0.2) is 6.29 Å². The summed E-state index contributed by atoms with van der Waals surface area (Å²) in [6.07, 6.45) is 1.70. The maximum atomic E-state index is 12.3. The molecule has 0 saturated carbocycles. The van der Waals surface area contributed by atoms with E-state index in [9.17, 15) is 14.7 Å². The van der Waals surface area contributed by atoms with Gasteiger partial charge in [-0.15, -0.1) is 0 Å². The SMILES string of the molecule is O=C(O)CCCC(=O)Nc1cccc([C@@H]2O[C@H](Cn3cnc4ccccc43)C[C@H](c3ccc(CO)cc3)O2)c1. The van der Waals surface area contributed by atoms with Gasteiger partial charge in [0.25, 0.3) is 0 Å². The van der Waals surface area contributed by atoms with Gasteiger partial charge in [-0.2, -0.15) is 0 Å². The molecule has 3 aromatic carbocycles. The number of amides is 1. The van der Waals surface area contributed by atoms with Gasteiger partial charge in [0.1, 0.15) is 0 Å². The van der Waals surface area contributed by atoms with Crippen LogP contribution in [0.15, 0.2) is 79.1 Å². The number of imidazole rings is 1. The number of hydrogen-bond donors (Lipinski definition) is 3. The van der Waals surface area contributed by atoms with Crippen LogP contribution < -0.4 is 5.32 Å². The van der Waals surface area contributed by atoms with Crippen LogP contribution in [0.4, 0.5) is 5.69 Å². The molecule has 0 spiro atoms. The monoisotopic (exact) mass is 529 g/mol. The van der Waals surface area contributed by atoms with Crippen LogP contribution >= 0.6 is 0 Å². The number of carbonyl (C=O) groups excluding carboxylic acids is 1. The van der Waals surface area contributed by atoms with Crippen LogP contribution in [0.3, 0.4) is 0 Å². The number of carboxylic acid groups (broad SMARTS) is 1. The van der Waals surface area contributed by atoms with Gasteiger partial charge in [0, 0.05) is 30.5 Å². The minimum absolute atomic E-state index is 0.0251. The number of carbonyl (C=O) groups is 2. The van der Waals surface area contributed by atoms with E-state index >= 15 is 0 Å². The van der Waals surface area contributed by atoms with Crippen molar-refractivity contribution in [1.29, 1.82) is 0 Å². The molecule has 3 N–H and O–H groups in total. The smallest absolute Gasteiger partial charge is 0.303 e. The molecule has 39 heavy (non-hydrogen) atoms. The number of hydrogen-bond acceptors (Lipinski definition) is 6. The Morgan fingerprint density at radius 2 is 1.79 bits per heavy atom. The molecule has 0 aliphatic carbocycles. The number of aliphatic carboxylic acids is 1. The number of rotatable bonds is 10. The molecule has 1 fully saturated rings. The van der Waals surface area contributed by atoms with Crippen LogP contribution in [0.25, 0.3) is 11.0 Å². The van der Waals surface area contributed by atoms with E-state index < -0.39 is 12.3 Å². The average molecular weight is 530 g/mol. The molecule has 1 aliphatic rings. The number of aliphatic hydroxyl groups excluding tert-OH is 1. The number of ether oxygens (including phenoxy) is 2. The Kier molecular flexibility index (Phi) is 8.31. The highest BCUT2D eigenvalue weighted by atomic mass is 16.7. The lowest BCUT2D eigenvalue weighted by molar-refractivity contribution is -0.252. The van der Waals surface area contributed by atoms with Crippen molar-refractivity contribution in [2.45, 2.75) is 57.3 Å². The highest BCUT2D eigenvalue weighted by molar-refractivity contribution is 5.91. The predicted molar refractivity (Wildman–Crippen MR) is 145 cm³/mol. The zero-order valence-corrected chi connectivity index (χ0v) is 21.4. The van der Waals surface area contributed by atoms with Crippen LogP contribution in [0.5, 0.6) is 0 Å². The first-order valence-corrected chi connectivity index (χ1v) is 13.0. The minimum Gasteiger partial charge on any atom is -0.481 e. The van der Waals surface area contributed by atoms with Crippen LogP contribution in [0.2, 0.25) is 0 Å². The Balaban J connectivity index is 1.36. The van der Waals surface area contributed by atoms with Gasteiger partial charge in [-0.3, -0.25) is 9.59 Å². The maximum Gasteiger partial charge on any atom is 0.303 e. The van der Waals surface area contributed by atoms with E-state index in [1.54, 1.807) is 6.07 Å². The Bertz CT molecular complexity index is 1430. The predicted octanol–water partition coefficient (Wildman–Crippen LogP) is 4.97. The third-order valence-electron chi connectivity index (χ3n) is 6.78. The summed E-state index contributed by atoms with van der Waals surface area (Å²) in [7, 11) is 0. The molecule has 0 unspecified atom stereocenters. The molecule has 1 amide bonds. The summed E-state index contributed by atoms with van der Waals surface area (Å²) in [6.45, 7) is 0.564. The second kappa shape index (κ2) is 12.2. The van der Waals surface area contributed by atoms with Crippen LogP contribution in [0, 0.1) is 0 Å². The summed E-state index contributed by atoms with van der Waals surface area (Å²) < 4.78 is 15.0. The van der Waals surface area contributed by atoms with Crippen molar-refractivity contribution in [2.75, 3.05) is 5.32 Å². The maximum absolute atomic E-state index is 12.3. The normalized spacial score (nSPS) is 19.2. The Morgan fingerprint density at radius 1 is 0.974 bits per heavy atom. The molecule has 1 aromatic heterocycles. The van der Waals surface area contributed by atoms with Gasteiger partial charge in [0.2, 0.25) is 5.91 Å². The molecular formula is C30H31N3O6. The van der Waals surface area contributed by atoms with E-state index in [1.807, 2.05) is 73.1 Å². The summed E-state index contributed by atoms with van der Waals surface area (Å²) in [5, 5.41) is 21.1. The van der Waals surface area contributed by atoms with E-state index in [1.165, 1.54) is 0 Å². The number of aliphatic hydroxyl groups is 1. The second-order valence-corrected chi connectivity index (χ2v) is 9.66. The zero-order valence-electron chi connectivity index (χ0n) is 21.4. The fourth-order valence-electron chi connectivity index (χ4n) is 4.79. The van der Waals surface area contributed by atoms with Crippen molar-refractivity contribution < 1.29 is 29.3 Å². The minimum atomic E-state index is -0.921. The molecule has 202 valence electrons. The highest BCUT2D eigenvalue weighted by Crippen LogP contribution is 2.39. The number of benzene rings is 3. The number of nitrogens with zero attached hydrogens (tertiary/aromatic N) is 2. The summed E-state index contributed by atoms with van der Waals surface area (Å²) in [6, 6.07) is 23.0. The number of nitrogens with one attached hydrogen (secondary N) is 1. The molecule has 5 rings (SSSR count). The van der Waals surface area contributed by atoms with Gasteiger partial charge in [-0.1, -0.05) is 48.5 Å². The van der Waals surface area contributed by atoms with Crippen molar-refractivity contribution in [1.82, 2.24) is 9.55 Å². The molecule has 4 aromatic rings. The molecule has 1 saturated heterocycles. The van der Waals surface area contributed by atoms with E-state index in [0.29, 0.717) is 18.7 Å². The Labute approximate surface area is 226 Å². The first-order valence-electron chi connectivity index (χ1n) is 13.0. The summed E-state index contributed by atoms with van der Waals surface area (Å²) in [5.74, 6) is -1.17. The topological polar surface area (TPSA) is 123 Å². The van der Waals surface area contributed by atoms with E-state index in [-0.39, 0.29) is 44.0 Å². The summed E-state index contributed by atoms with van der Waals surface area (Å²) in [4.78, 5) is 27.6. The molecule has 0 radical (unpaired) electrons. The summed E-state index contributed by atoms with van der Waals surface area (Å²) in [5.41, 5.74) is 5.12. The van der Waals surface area contributed by atoms with Crippen molar-refractivity contribution in [2.24, 2.45) is 0 Å². The number of para-hydroxylation sites is 2. The van der Waals surface area contributed by atoms with Gasteiger partial charge in [0.05, 0.1) is 42.7 Å². The van der Waals surface area contributed by atoms with Crippen LogP contribution in [-0.2, 0) is 32.2 Å². The van der Waals surface area contributed by atoms with E-state index in [0.717, 1.165) is 27.7 Å². The van der Waals surface area contributed by atoms with Crippen molar-refractivity contribution in [3.63, 3.8) is 0 Å². The lowest BCUT2D eigenvalue weighted by Crippen LogP contribution is -2.32. The number of anilines is 1. The molecule has 9 heteroatoms. The van der Waals surface area contributed by atoms with Crippen molar-refractivity contribution in [3.8, 4) is 0 Å². The third kappa shape index (κ3) is 6.69. The first-order chi connectivity index (χ1) is 19.0. The average Bonchev–Trinajstić information content (AvgIpc) is 3.35. The first kappa shape index (κ1) is 26.6. The molecule has 0 bridgehead atoms. The molecule has 2 heterocycles. The molecule has 9 nitrogen and oxygen atoms in total. The number of fused-ring (bicyclic) bond motifs is 1. The standard InChI is InChI=1S/C30H31N3O6/c34-18-20-11-13-21(14-12-20)27-16-24(17-33-19-31-25-7-1-2-8-26(25)33)38-30(39-27)22-5-3-6-23(15-22)32-28(35)9-4-10-29(36)37/h1-3,5-8,11-15,19,24,27,30,34H,4,9-10,16-18H2,(H,32,35)(H,36,37)/t24-,27+,30+/m0/s1. The fraction of sp³-hybridized carbons (Fsp3) is 0.300. The largest absolute Gasteiger partial charge is 0.481 e. The lowest BCUT2D eigenvalue weighted by Gasteiger charge is -2.36. The quantitative estimate of drug-likeness (QED) is 0.265. The second-order valence-electron chi connectivity index (χ2n) is 9.66. The lowest BCUT2D eigenvalue weighted by atomic mass is 10.00. The van der Waals surface area contributed by atoms with Gasteiger partial charge >= 0.3 is 5.97 Å². The number of aromatic nitrogens is 2. The Morgan fingerprint density at radius 3 is 2.59 bits per heavy atom. The molecule has 1 aliphatic heterocycles. The van der Waals surface area contributed by atoms with E-state index in [4.69, 9.17) is 14.6 Å². The summed E-state index contributed by atoms with van der Waals surface area (Å²) >= 11 is 0. The highest BCUT2D eigenvalue weighted by Gasteiger charge is 2.32. The molecular weight excluding hydrogens is 498 g/mol. The van der Waals surface area contributed by atoms with Gasteiger partial charge in [-0.05, 0) is 41.8 Å². The number of carboxylic acids is 1. The van der Waals surface area contributed by atoms with E-state index in [2.05, 4.69) is 14.9 Å². The van der Waals surface area contributed by atoms with Gasteiger partial charge < -0.3 is 29.6 Å². The van der Waals surface area contributed by atoms with Gasteiger partial charge in [-0.25, -0.2) is 4.98 Å². The van der Waals surface area contributed by atoms with Crippen LogP contribution in [-0.4, -0.2) is 37.7 Å².